The first-order valence-electron chi connectivity index (χ1n) is 10.1. The van der Waals surface area contributed by atoms with Crippen molar-refractivity contribution in [3.05, 3.63) is 76.0 Å². The Hall–Kier alpha value is -2.92. The molecule has 0 saturated heterocycles. The lowest BCUT2D eigenvalue weighted by Crippen LogP contribution is -2.32. The van der Waals surface area contributed by atoms with E-state index in [2.05, 4.69) is 22.5 Å². The molecule has 3 rings (SSSR count). The van der Waals surface area contributed by atoms with E-state index in [1.807, 2.05) is 50.3 Å². The third-order valence-corrected chi connectivity index (χ3v) is 5.30. The molecule has 5 heteroatoms. The maximum absolute atomic E-state index is 12.4. The number of carbonyl (C=O) groups is 1. The van der Waals surface area contributed by atoms with Crippen LogP contribution in [0.15, 0.2) is 47.8 Å². The number of aromatic nitrogens is 2. The Morgan fingerprint density at radius 1 is 1.28 bits per heavy atom. The molecule has 2 heterocycles. The van der Waals surface area contributed by atoms with Crippen LogP contribution in [0.1, 0.15) is 53.5 Å². The maximum Gasteiger partial charge on any atom is 0.330 e. The van der Waals surface area contributed by atoms with Gasteiger partial charge >= 0.3 is 5.69 Å². The van der Waals surface area contributed by atoms with Gasteiger partial charge in [0.2, 0.25) is 0 Å². The molecule has 1 aromatic heterocycles. The topological polar surface area (TPSA) is 58.1 Å². The van der Waals surface area contributed by atoms with Gasteiger partial charge in [-0.3, -0.25) is 14.3 Å². The lowest BCUT2D eigenvalue weighted by molar-refractivity contribution is 0.0975. The number of imidazole rings is 1. The molecule has 1 aliphatic heterocycles. The summed E-state index contributed by atoms with van der Waals surface area (Å²) in [6.07, 6.45) is 9.83. The monoisotopic (exact) mass is 391 g/mol. The Morgan fingerprint density at radius 2 is 2.03 bits per heavy atom. The van der Waals surface area contributed by atoms with Crippen molar-refractivity contribution in [1.82, 2.24) is 14.5 Å². The molecular weight excluding hydrogens is 362 g/mol. The van der Waals surface area contributed by atoms with E-state index in [9.17, 15) is 9.59 Å². The molecular formula is C24H29N3O2. The van der Waals surface area contributed by atoms with Crippen molar-refractivity contribution in [2.24, 2.45) is 0 Å². The van der Waals surface area contributed by atoms with Crippen molar-refractivity contribution in [2.45, 2.75) is 33.1 Å². The molecule has 1 N–H and O–H groups in total. The largest absolute Gasteiger partial charge is 0.330 e. The molecule has 152 valence electrons. The smallest absolute Gasteiger partial charge is 0.305 e. The van der Waals surface area contributed by atoms with Gasteiger partial charge < -0.3 is 4.98 Å². The predicted molar refractivity (Wildman–Crippen MR) is 120 cm³/mol. The fourth-order valence-electron chi connectivity index (χ4n) is 3.68. The summed E-state index contributed by atoms with van der Waals surface area (Å²) in [6.45, 7) is 10.3. The summed E-state index contributed by atoms with van der Waals surface area (Å²) in [6, 6.07) is 7.77. The summed E-state index contributed by atoms with van der Waals surface area (Å²) < 4.78 is 1.75. The van der Waals surface area contributed by atoms with Crippen LogP contribution >= 0.6 is 0 Å². The summed E-state index contributed by atoms with van der Waals surface area (Å²) in [4.78, 5) is 29.9. The minimum absolute atomic E-state index is 0.128. The normalized spacial score (nSPS) is 14.9. The van der Waals surface area contributed by atoms with Gasteiger partial charge in [-0.2, -0.15) is 0 Å². The summed E-state index contributed by atoms with van der Waals surface area (Å²) >= 11 is 0. The fourth-order valence-corrected chi connectivity index (χ4v) is 3.68. The van der Waals surface area contributed by atoms with Gasteiger partial charge in [0.15, 0.2) is 5.78 Å². The molecule has 0 atom stereocenters. The summed E-state index contributed by atoms with van der Waals surface area (Å²) in [5.41, 5.74) is 4.42. The highest BCUT2D eigenvalue weighted by molar-refractivity contribution is 5.96. The van der Waals surface area contributed by atoms with Crippen LogP contribution < -0.4 is 5.69 Å². The zero-order chi connectivity index (χ0) is 20.8. The number of hydrogen-bond acceptors (Lipinski definition) is 3. The van der Waals surface area contributed by atoms with E-state index in [1.165, 1.54) is 0 Å². The van der Waals surface area contributed by atoms with Crippen LogP contribution in [0.4, 0.5) is 0 Å². The number of H-pyrrole nitrogens is 1. The minimum atomic E-state index is -0.128. The van der Waals surface area contributed by atoms with Gasteiger partial charge in [0.1, 0.15) is 0 Å². The summed E-state index contributed by atoms with van der Waals surface area (Å²) in [5.74, 6) is 0.199. The number of nitrogens with zero attached hydrogens (tertiary/aromatic N) is 2. The van der Waals surface area contributed by atoms with Crippen molar-refractivity contribution in [1.29, 1.82) is 0 Å². The second kappa shape index (κ2) is 9.52. The van der Waals surface area contributed by atoms with E-state index >= 15 is 0 Å². The van der Waals surface area contributed by atoms with Gasteiger partial charge in [-0.25, -0.2) is 4.79 Å². The Morgan fingerprint density at radius 3 is 2.66 bits per heavy atom. The van der Waals surface area contributed by atoms with Gasteiger partial charge in [-0.05, 0) is 39.0 Å². The zero-order valence-electron chi connectivity index (χ0n) is 17.3. The van der Waals surface area contributed by atoms with Crippen LogP contribution in [-0.2, 0) is 0 Å². The van der Waals surface area contributed by atoms with Gasteiger partial charge in [0, 0.05) is 37.2 Å². The van der Waals surface area contributed by atoms with E-state index in [0.29, 0.717) is 6.42 Å². The number of aromatic amines is 1. The highest BCUT2D eigenvalue weighted by Crippen LogP contribution is 2.20. The summed E-state index contributed by atoms with van der Waals surface area (Å²) in [7, 11) is 0. The van der Waals surface area contributed by atoms with E-state index in [4.69, 9.17) is 0 Å². The number of ketones is 1. The van der Waals surface area contributed by atoms with Crippen molar-refractivity contribution in [3.63, 3.8) is 0 Å². The van der Waals surface area contributed by atoms with Gasteiger partial charge in [-0.15, -0.1) is 0 Å². The van der Waals surface area contributed by atoms with E-state index in [-0.39, 0.29) is 11.5 Å². The third kappa shape index (κ3) is 4.93. The molecule has 5 nitrogen and oxygen atoms in total. The van der Waals surface area contributed by atoms with E-state index in [1.54, 1.807) is 10.6 Å². The molecule has 0 bridgehead atoms. The molecule has 0 amide bonds. The van der Waals surface area contributed by atoms with Crippen LogP contribution in [-0.4, -0.2) is 39.9 Å². The quantitative estimate of drug-likeness (QED) is 0.680. The van der Waals surface area contributed by atoms with Crippen LogP contribution in [0, 0.1) is 6.92 Å². The van der Waals surface area contributed by atoms with Crippen LogP contribution in [0.3, 0.4) is 0 Å². The van der Waals surface area contributed by atoms with Crippen molar-refractivity contribution in [2.75, 3.05) is 19.6 Å². The van der Waals surface area contributed by atoms with Crippen molar-refractivity contribution in [3.8, 4) is 0 Å². The number of rotatable bonds is 8. The highest BCUT2D eigenvalue weighted by Gasteiger charge is 2.18. The molecule has 0 radical (unpaired) electrons. The van der Waals surface area contributed by atoms with Gasteiger partial charge in [-0.1, -0.05) is 48.6 Å². The van der Waals surface area contributed by atoms with Crippen LogP contribution in [0.25, 0.3) is 17.8 Å². The predicted octanol–water partition coefficient (Wildman–Crippen LogP) is 4.37. The third-order valence-electron chi connectivity index (χ3n) is 5.30. The maximum atomic E-state index is 12.4. The van der Waals surface area contributed by atoms with Gasteiger partial charge in [0.05, 0.1) is 11.4 Å². The average Bonchev–Trinajstić information content (AvgIpc) is 3.04. The van der Waals surface area contributed by atoms with Crippen molar-refractivity contribution >= 4 is 23.6 Å². The number of allylic oxidation sites excluding steroid dienone is 1. The van der Waals surface area contributed by atoms with E-state index < -0.39 is 0 Å². The first kappa shape index (κ1) is 20.8. The average molecular weight is 392 g/mol. The number of aryl methyl sites for hydroxylation is 1. The number of benzene rings is 1. The number of Topliss-reactive ketones (excluding diaryl/α,β-unsaturated/α-hetero) is 1. The molecule has 0 unspecified atom stereocenters. The standard InChI is InChI=1S/C24H29N3O2/c1-4-7-22-21(5-2)25-24(29)27(22)20-13-16-26(17-14-20)15-6-8-23(28)19-11-9-18(3)10-12-19/h4-5,7,9-13H,2,6,8,14-17H2,1,3H3,(H,25,29)/b7-4-. The molecule has 1 aromatic carbocycles. The molecule has 1 aliphatic rings. The molecule has 0 spiro atoms. The first-order chi connectivity index (χ1) is 14.0. The van der Waals surface area contributed by atoms with E-state index in [0.717, 1.165) is 60.7 Å². The Balaban J connectivity index is 1.58. The van der Waals surface area contributed by atoms with Crippen molar-refractivity contribution < 1.29 is 4.79 Å². The minimum Gasteiger partial charge on any atom is -0.305 e. The lowest BCUT2D eigenvalue weighted by Gasteiger charge is -2.26. The fraction of sp³-hybridized carbons (Fsp3) is 0.333. The number of nitrogens with one attached hydrogen (secondary N) is 1. The SMILES string of the molecule is C=Cc1[nH]c(=O)n(C2=CCN(CCCC(=O)c3ccc(C)cc3)CC2)c1/C=C\C. The molecule has 0 saturated carbocycles. The lowest BCUT2D eigenvalue weighted by atomic mass is 10.0. The first-order valence-corrected chi connectivity index (χ1v) is 10.1. The van der Waals surface area contributed by atoms with Crippen LogP contribution in [0.2, 0.25) is 0 Å². The molecule has 2 aromatic rings. The molecule has 0 aliphatic carbocycles. The second-order valence-corrected chi connectivity index (χ2v) is 7.41. The summed E-state index contributed by atoms with van der Waals surface area (Å²) in [5, 5.41) is 0. The second-order valence-electron chi connectivity index (χ2n) is 7.41. The molecule has 29 heavy (non-hydrogen) atoms. The Labute approximate surface area is 172 Å². The Kier molecular flexibility index (Phi) is 6.83. The van der Waals surface area contributed by atoms with Crippen LogP contribution in [0.5, 0.6) is 0 Å². The number of carbonyl (C=O) groups excluding carboxylic acids is 1. The Bertz CT molecular complexity index is 990. The molecule has 0 fully saturated rings. The number of hydrogen-bond donors (Lipinski definition) is 1. The highest BCUT2D eigenvalue weighted by atomic mass is 16.1. The zero-order valence-corrected chi connectivity index (χ0v) is 17.3. The van der Waals surface area contributed by atoms with Gasteiger partial charge in [0.25, 0.3) is 0 Å².